The van der Waals surface area contributed by atoms with Crippen LogP contribution in [0, 0.1) is 22.7 Å². The first-order valence-corrected chi connectivity index (χ1v) is 6.29. The van der Waals surface area contributed by atoms with Gasteiger partial charge in [-0.1, -0.05) is 37.3 Å². The largest absolute Gasteiger partial charge is 0.391 e. The summed E-state index contributed by atoms with van der Waals surface area (Å²) < 4.78 is 0. The van der Waals surface area contributed by atoms with Crippen molar-refractivity contribution in [2.75, 3.05) is 0 Å². The molecule has 0 bridgehead atoms. The Balaban J connectivity index is 2.09. The molecule has 2 rings (SSSR count). The van der Waals surface area contributed by atoms with Crippen LogP contribution in [0.5, 0.6) is 0 Å². The number of aliphatic hydroxyl groups excluding tert-OH is 1. The van der Waals surface area contributed by atoms with Gasteiger partial charge in [0.1, 0.15) is 0 Å². The first kappa shape index (κ1) is 12.1. The third-order valence-corrected chi connectivity index (χ3v) is 3.93. The molecule has 0 aliphatic heterocycles. The van der Waals surface area contributed by atoms with E-state index in [1.54, 1.807) is 0 Å². The van der Waals surface area contributed by atoms with E-state index in [0.717, 1.165) is 24.8 Å². The summed E-state index contributed by atoms with van der Waals surface area (Å²) in [5, 5.41) is 19.7. The minimum atomic E-state index is -0.542. The molecule has 3 unspecified atom stereocenters. The van der Waals surface area contributed by atoms with Crippen LogP contribution in [0.15, 0.2) is 30.3 Å². The van der Waals surface area contributed by atoms with E-state index in [-0.39, 0.29) is 0 Å². The molecule has 90 valence electrons. The van der Waals surface area contributed by atoms with E-state index in [4.69, 9.17) is 0 Å². The Morgan fingerprint density at radius 2 is 2.18 bits per heavy atom. The lowest BCUT2D eigenvalue weighted by molar-refractivity contribution is 0.0656. The molecular weight excluding hydrogens is 210 g/mol. The number of hydrogen-bond donors (Lipinski definition) is 1. The van der Waals surface area contributed by atoms with Gasteiger partial charge in [-0.05, 0) is 37.2 Å². The van der Waals surface area contributed by atoms with Gasteiger partial charge in [-0.3, -0.25) is 0 Å². The normalized spacial score (nSPS) is 29.8. The molecule has 0 spiro atoms. The van der Waals surface area contributed by atoms with Crippen LogP contribution >= 0.6 is 0 Å². The number of hydrogen-bond acceptors (Lipinski definition) is 2. The van der Waals surface area contributed by atoms with Crippen molar-refractivity contribution in [2.24, 2.45) is 11.3 Å². The third kappa shape index (κ3) is 2.50. The molecule has 0 aromatic heterocycles. The van der Waals surface area contributed by atoms with Crippen molar-refractivity contribution < 1.29 is 5.11 Å². The minimum Gasteiger partial charge on any atom is -0.391 e. The van der Waals surface area contributed by atoms with E-state index < -0.39 is 11.5 Å². The van der Waals surface area contributed by atoms with Crippen molar-refractivity contribution in [1.82, 2.24) is 0 Å². The molecule has 17 heavy (non-hydrogen) atoms. The smallest absolute Gasteiger partial charge is 0.0838 e. The van der Waals surface area contributed by atoms with E-state index in [1.807, 2.05) is 30.3 Å². The lowest BCUT2D eigenvalue weighted by atomic mass is 9.78. The average molecular weight is 229 g/mol. The van der Waals surface area contributed by atoms with Crippen molar-refractivity contribution in [3.8, 4) is 6.07 Å². The predicted molar refractivity (Wildman–Crippen MR) is 67.2 cm³/mol. The Morgan fingerprint density at radius 3 is 2.71 bits per heavy atom. The Labute approximate surface area is 103 Å². The van der Waals surface area contributed by atoms with Crippen LogP contribution in [-0.4, -0.2) is 11.2 Å². The summed E-state index contributed by atoms with van der Waals surface area (Å²) in [5.74, 6) is 0.556. The van der Waals surface area contributed by atoms with Gasteiger partial charge in [-0.15, -0.1) is 0 Å². The topological polar surface area (TPSA) is 44.0 Å². The number of nitrogens with zero attached hydrogens (tertiary/aromatic N) is 1. The Bertz CT molecular complexity index is 409. The van der Waals surface area contributed by atoms with Gasteiger partial charge in [0.2, 0.25) is 0 Å². The first-order valence-electron chi connectivity index (χ1n) is 6.29. The standard InChI is InChI=1S/C15H19NO/c1-12-7-8-15(10-12,11-16)14(17)9-13-5-3-2-4-6-13/h2-6,12,14,17H,7-10H2,1H3. The molecule has 0 heterocycles. The van der Waals surface area contributed by atoms with Crippen molar-refractivity contribution in [3.05, 3.63) is 35.9 Å². The van der Waals surface area contributed by atoms with E-state index in [9.17, 15) is 10.4 Å². The highest BCUT2D eigenvalue weighted by atomic mass is 16.3. The second-order valence-corrected chi connectivity index (χ2v) is 5.32. The molecule has 0 saturated heterocycles. The molecule has 1 saturated carbocycles. The van der Waals surface area contributed by atoms with E-state index >= 15 is 0 Å². The van der Waals surface area contributed by atoms with Gasteiger partial charge in [0.05, 0.1) is 17.6 Å². The average Bonchev–Trinajstić information content (AvgIpc) is 2.73. The lowest BCUT2D eigenvalue weighted by Gasteiger charge is -2.27. The monoisotopic (exact) mass is 229 g/mol. The highest BCUT2D eigenvalue weighted by molar-refractivity contribution is 5.18. The maximum Gasteiger partial charge on any atom is 0.0838 e. The predicted octanol–water partition coefficient (Wildman–Crippen LogP) is 2.92. The van der Waals surface area contributed by atoms with Crippen LogP contribution in [0.4, 0.5) is 0 Å². The fourth-order valence-electron chi connectivity index (χ4n) is 2.84. The molecule has 1 aromatic carbocycles. The van der Waals surface area contributed by atoms with E-state index in [1.165, 1.54) is 0 Å². The van der Waals surface area contributed by atoms with Gasteiger partial charge >= 0.3 is 0 Å². The van der Waals surface area contributed by atoms with Crippen LogP contribution in [0.1, 0.15) is 31.7 Å². The third-order valence-electron chi connectivity index (χ3n) is 3.93. The van der Waals surface area contributed by atoms with Crippen molar-refractivity contribution >= 4 is 0 Å². The van der Waals surface area contributed by atoms with Gasteiger partial charge in [-0.25, -0.2) is 0 Å². The second kappa shape index (κ2) is 4.89. The van der Waals surface area contributed by atoms with Gasteiger partial charge in [-0.2, -0.15) is 5.26 Å². The molecule has 1 aliphatic carbocycles. The number of rotatable bonds is 3. The fraction of sp³-hybridized carbons (Fsp3) is 0.533. The van der Waals surface area contributed by atoms with Crippen LogP contribution in [0.25, 0.3) is 0 Å². The zero-order valence-corrected chi connectivity index (χ0v) is 10.3. The summed E-state index contributed by atoms with van der Waals surface area (Å²) in [6, 6.07) is 12.3. The Kier molecular flexibility index (Phi) is 3.49. The SMILES string of the molecule is CC1CCC(C#N)(C(O)Cc2ccccc2)C1. The summed E-state index contributed by atoms with van der Waals surface area (Å²) in [5.41, 5.74) is 0.587. The molecule has 0 radical (unpaired) electrons. The fourth-order valence-corrected chi connectivity index (χ4v) is 2.84. The quantitative estimate of drug-likeness (QED) is 0.866. The highest BCUT2D eigenvalue weighted by Crippen LogP contribution is 2.44. The first-order chi connectivity index (χ1) is 8.16. The number of aliphatic hydroxyl groups is 1. The molecule has 1 fully saturated rings. The summed E-state index contributed by atoms with van der Waals surface area (Å²) in [6.45, 7) is 2.16. The van der Waals surface area contributed by atoms with Crippen molar-refractivity contribution in [2.45, 2.75) is 38.7 Å². The number of benzene rings is 1. The zero-order chi connectivity index (χ0) is 12.3. The Hall–Kier alpha value is -1.33. The molecule has 1 aliphatic rings. The zero-order valence-electron chi connectivity index (χ0n) is 10.3. The summed E-state index contributed by atoms with van der Waals surface area (Å²) in [4.78, 5) is 0. The van der Waals surface area contributed by atoms with Crippen molar-refractivity contribution in [1.29, 1.82) is 5.26 Å². The van der Waals surface area contributed by atoms with Gasteiger partial charge in [0, 0.05) is 0 Å². The van der Waals surface area contributed by atoms with E-state index in [0.29, 0.717) is 12.3 Å². The van der Waals surface area contributed by atoms with Crippen LogP contribution in [0.2, 0.25) is 0 Å². The van der Waals surface area contributed by atoms with Gasteiger partial charge in [0.25, 0.3) is 0 Å². The molecule has 2 heteroatoms. The van der Waals surface area contributed by atoms with Crippen LogP contribution in [-0.2, 0) is 6.42 Å². The summed E-state index contributed by atoms with van der Waals surface area (Å²) in [6.07, 6.45) is 2.76. The maximum absolute atomic E-state index is 10.3. The molecule has 3 atom stereocenters. The van der Waals surface area contributed by atoms with Crippen molar-refractivity contribution in [3.63, 3.8) is 0 Å². The molecule has 2 nitrogen and oxygen atoms in total. The maximum atomic E-state index is 10.3. The van der Waals surface area contributed by atoms with Crippen LogP contribution in [0.3, 0.4) is 0 Å². The molecular formula is C15H19NO. The molecule has 1 N–H and O–H groups in total. The second-order valence-electron chi connectivity index (χ2n) is 5.32. The van der Waals surface area contributed by atoms with E-state index in [2.05, 4.69) is 13.0 Å². The number of nitriles is 1. The lowest BCUT2D eigenvalue weighted by Crippen LogP contribution is -2.33. The Morgan fingerprint density at radius 1 is 1.47 bits per heavy atom. The summed E-state index contributed by atoms with van der Waals surface area (Å²) in [7, 11) is 0. The van der Waals surface area contributed by atoms with Gasteiger partial charge in [0.15, 0.2) is 0 Å². The summed E-state index contributed by atoms with van der Waals surface area (Å²) >= 11 is 0. The van der Waals surface area contributed by atoms with Crippen LogP contribution < -0.4 is 0 Å². The molecule has 0 amide bonds. The highest BCUT2D eigenvalue weighted by Gasteiger charge is 2.43. The minimum absolute atomic E-state index is 0.519. The van der Waals surface area contributed by atoms with Gasteiger partial charge < -0.3 is 5.11 Å². The molecule has 1 aromatic rings.